The van der Waals surface area contributed by atoms with Crippen molar-refractivity contribution >= 4 is 33.5 Å². The van der Waals surface area contributed by atoms with Crippen LogP contribution in [0.25, 0.3) is 0 Å². The van der Waals surface area contributed by atoms with E-state index in [4.69, 9.17) is 4.74 Å². The molecule has 188 valence electrons. The molecule has 1 aromatic carbocycles. The number of benzene rings is 1. The molecule has 0 spiro atoms. The van der Waals surface area contributed by atoms with Crippen molar-refractivity contribution in [2.75, 3.05) is 13.2 Å². The van der Waals surface area contributed by atoms with Gasteiger partial charge in [0, 0.05) is 41.3 Å². The Bertz CT molecular complexity index is 1110. The Kier molecular flexibility index (Phi) is 6.77. The number of carbonyl (C=O) groups excluding carboxylic acids is 2. The summed E-state index contributed by atoms with van der Waals surface area (Å²) in [6.45, 7) is 10.5. The number of halogens is 1. The van der Waals surface area contributed by atoms with E-state index in [1.165, 1.54) is 0 Å². The first-order valence-electron chi connectivity index (χ1n) is 12.3. The fraction of sp³-hybridized carbons (Fsp3) is 0.536. The number of Topliss-reactive ketones (excluding diaryl/α,β-unsaturated/α-hetero) is 2. The average Bonchev–Trinajstić information content (AvgIpc) is 2.72. The fourth-order valence-electron chi connectivity index (χ4n) is 5.73. The number of hydrogen-bond donors (Lipinski definition) is 1. The molecule has 1 aliphatic heterocycles. The second kappa shape index (κ2) is 9.23. The van der Waals surface area contributed by atoms with Gasteiger partial charge in [-0.2, -0.15) is 0 Å². The van der Waals surface area contributed by atoms with E-state index in [1.807, 2.05) is 52.8 Å². The number of carboxylic acid groups (broad SMARTS) is 1. The molecule has 0 atom stereocenters. The Morgan fingerprint density at radius 2 is 1.57 bits per heavy atom. The number of nitrogens with zero attached hydrogens (tertiary/aromatic N) is 1. The highest BCUT2D eigenvalue weighted by atomic mass is 79.9. The lowest BCUT2D eigenvalue weighted by molar-refractivity contribution is -0.138. The summed E-state index contributed by atoms with van der Waals surface area (Å²) in [7, 11) is 0. The Balaban J connectivity index is 1.95. The van der Waals surface area contributed by atoms with E-state index in [9.17, 15) is 19.5 Å². The molecule has 0 unspecified atom stereocenters. The van der Waals surface area contributed by atoms with Gasteiger partial charge in [-0.15, -0.1) is 0 Å². The Hall–Kier alpha value is -2.41. The maximum absolute atomic E-state index is 13.7. The first-order valence-corrected chi connectivity index (χ1v) is 13.1. The summed E-state index contributed by atoms with van der Waals surface area (Å²) in [5.74, 6) is -0.788. The third-order valence-electron chi connectivity index (χ3n) is 7.07. The first-order chi connectivity index (χ1) is 16.3. The number of aliphatic carboxylic acids is 1. The van der Waals surface area contributed by atoms with Crippen molar-refractivity contribution in [1.82, 2.24) is 4.90 Å². The molecule has 1 aromatic rings. The van der Waals surface area contributed by atoms with Gasteiger partial charge in [0.05, 0.1) is 11.1 Å². The van der Waals surface area contributed by atoms with Crippen molar-refractivity contribution in [3.05, 3.63) is 50.8 Å². The minimum absolute atomic E-state index is 0.0109. The van der Waals surface area contributed by atoms with Crippen LogP contribution in [0.15, 0.2) is 45.2 Å². The number of carboxylic acids is 1. The Labute approximate surface area is 215 Å². The van der Waals surface area contributed by atoms with Crippen molar-refractivity contribution in [2.45, 2.75) is 72.6 Å². The van der Waals surface area contributed by atoms with E-state index < -0.39 is 11.9 Å². The quantitative estimate of drug-likeness (QED) is 0.473. The van der Waals surface area contributed by atoms with Crippen LogP contribution in [0.4, 0.5) is 0 Å². The number of carbonyl (C=O) groups is 3. The zero-order valence-corrected chi connectivity index (χ0v) is 22.8. The third kappa shape index (κ3) is 4.97. The van der Waals surface area contributed by atoms with E-state index in [2.05, 4.69) is 15.9 Å². The highest BCUT2D eigenvalue weighted by Crippen LogP contribution is 2.54. The van der Waals surface area contributed by atoms with Crippen LogP contribution in [0.1, 0.15) is 78.2 Å². The molecule has 0 bridgehead atoms. The molecular weight excluding hydrogens is 510 g/mol. The van der Waals surface area contributed by atoms with Crippen LogP contribution < -0.4 is 4.74 Å². The SMILES string of the molecule is CCCOc1ccc(C2C3=C(CC(C)(C)CC3=O)N(CC(=O)O)C3=C2C(=O)CC(C)(C)C3)cc1Br. The summed E-state index contributed by atoms with van der Waals surface area (Å²) in [6.07, 6.45) is 2.79. The van der Waals surface area contributed by atoms with Gasteiger partial charge in [0.25, 0.3) is 0 Å². The molecule has 0 fully saturated rings. The predicted octanol–water partition coefficient (Wildman–Crippen LogP) is 6.01. The fourth-order valence-corrected chi connectivity index (χ4v) is 6.24. The summed E-state index contributed by atoms with van der Waals surface area (Å²) in [5.41, 5.74) is 2.93. The van der Waals surface area contributed by atoms with Gasteiger partial charge in [0.1, 0.15) is 12.3 Å². The van der Waals surface area contributed by atoms with Crippen LogP contribution >= 0.6 is 15.9 Å². The molecule has 0 amide bonds. The minimum atomic E-state index is -0.978. The Morgan fingerprint density at radius 1 is 1.03 bits per heavy atom. The molecule has 1 heterocycles. The molecule has 2 aliphatic carbocycles. The minimum Gasteiger partial charge on any atom is -0.492 e. The van der Waals surface area contributed by atoms with Gasteiger partial charge < -0.3 is 14.7 Å². The van der Waals surface area contributed by atoms with Crippen molar-refractivity contribution in [3.8, 4) is 5.75 Å². The topological polar surface area (TPSA) is 83.9 Å². The van der Waals surface area contributed by atoms with Gasteiger partial charge in [-0.25, -0.2) is 0 Å². The van der Waals surface area contributed by atoms with E-state index in [1.54, 1.807) is 4.90 Å². The molecule has 1 N–H and O–H groups in total. The molecule has 0 saturated carbocycles. The van der Waals surface area contributed by atoms with Crippen LogP contribution in [-0.4, -0.2) is 40.7 Å². The van der Waals surface area contributed by atoms with E-state index in [0.717, 1.165) is 33.6 Å². The monoisotopic (exact) mass is 543 g/mol. The summed E-state index contributed by atoms with van der Waals surface area (Å²) in [4.78, 5) is 41.0. The molecular formula is C28H34BrNO5. The van der Waals surface area contributed by atoms with Gasteiger partial charge in [0.15, 0.2) is 11.6 Å². The van der Waals surface area contributed by atoms with Crippen LogP contribution in [0.3, 0.4) is 0 Å². The zero-order chi connectivity index (χ0) is 25.7. The van der Waals surface area contributed by atoms with E-state index in [0.29, 0.717) is 43.4 Å². The van der Waals surface area contributed by atoms with E-state index in [-0.39, 0.29) is 28.9 Å². The molecule has 7 heteroatoms. The second-order valence-corrected chi connectivity index (χ2v) is 12.4. The van der Waals surface area contributed by atoms with Gasteiger partial charge in [-0.3, -0.25) is 14.4 Å². The van der Waals surface area contributed by atoms with Crippen molar-refractivity contribution < 1.29 is 24.2 Å². The lowest BCUT2D eigenvalue weighted by Crippen LogP contribution is -2.45. The maximum Gasteiger partial charge on any atom is 0.323 e. The normalized spacial score (nSPS) is 21.7. The van der Waals surface area contributed by atoms with Crippen LogP contribution in [0.5, 0.6) is 5.75 Å². The summed E-state index contributed by atoms with van der Waals surface area (Å²) < 4.78 is 6.59. The van der Waals surface area contributed by atoms with Gasteiger partial charge >= 0.3 is 5.97 Å². The summed E-state index contributed by atoms with van der Waals surface area (Å²) in [6, 6.07) is 5.76. The molecule has 6 nitrogen and oxygen atoms in total. The summed E-state index contributed by atoms with van der Waals surface area (Å²) >= 11 is 3.62. The van der Waals surface area contributed by atoms with Gasteiger partial charge in [-0.1, -0.05) is 40.7 Å². The van der Waals surface area contributed by atoms with Crippen molar-refractivity contribution in [3.63, 3.8) is 0 Å². The highest BCUT2D eigenvalue weighted by molar-refractivity contribution is 9.10. The highest BCUT2D eigenvalue weighted by Gasteiger charge is 2.49. The number of rotatable bonds is 6. The van der Waals surface area contributed by atoms with E-state index >= 15 is 0 Å². The molecule has 35 heavy (non-hydrogen) atoms. The predicted molar refractivity (Wildman–Crippen MR) is 137 cm³/mol. The third-order valence-corrected chi connectivity index (χ3v) is 7.69. The van der Waals surface area contributed by atoms with Crippen LogP contribution in [0.2, 0.25) is 0 Å². The lowest BCUT2D eigenvalue weighted by Gasteiger charge is -2.48. The smallest absolute Gasteiger partial charge is 0.323 e. The van der Waals surface area contributed by atoms with Gasteiger partial charge in [0.2, 0.25) is 0 Å². The van der Waals surface area contributed by atoms with Gasteiger partial charge in [-0.05, 0) is 63.7 Å². The second-order valence-electron chi connectivity index (χ2n) is 11.6. The number of allylic oxidation sites excluding steroid dienone is 4. The standard InChI is InChI=1S/C28H34BrNO5/c1-6-9-35-22-8-7-16(10-17(22)29)24-25-18(11-27(2,3)13-20(25)31)30(15-23(33)34)19-12-28(4,5)14-21(32)26(19)24/h7-8,10,24H,6,9,11-15H2,1-5H3,(H,33,34). The molecule has 4 rings (SSSR count). The molecule has 0 saturated heterocycles. The number of ketones is 2. The molecule has 0 aromatic heterocycles. The number of ether oxygens (including phenoxy) is 1. The first kappa shape index (κ1) is 25.7. The van der Waals surface area contributed by atoms with Crippen LogP contribution in [-0.2, 0) is 14.4 Å². The molecule has 0 radical (unpaired) electrons. The zero-order valence-electron chi connectivity index (χ0n) is 21.2. The Morgan fingerprint density at radius 3 is 2.03 bits per heavy atom. The lowest BCUT2D eigenvalue weighted by atomic mass is 9.63. The van der Waals surface area contributed by atoms with Crippen LogP contribution in [0, 0.1) is 10.8 Å². The maximum atomic E-state index is 13.7. The molecule has 3 aliphatic rings. The average molecular weight is 544 g/mol. The van der Waals surface area contributed by atoms with Crippen molar-refractivity contribution in [2.24, 2.45) is 10.8 Å². The van der Waals surface area contributed by atoms with Crippen molar-refractivity contribution in [1.29, 1.82) is 0 Å². The number of hydrogen-bond acceptors (Lipinski definition) is 5. The summed E-state index contributed by atoms with van der Waals surface area (Å²) in [5, 5.41) is 9.78. The largest absolute Gasteiger partial charge is 0.492 e.